The van der Waals surface area contributed by atoms with Crippen molar-refractivity contribution in [3.63, 3.8) is 0 Å². The predicted molar refractivity (Wildman–Crippen MR) is 70.8 cm³/mol. The van der Waals surface area contributed by atoms with Gasteiger partial charge in [-0.15, -0.1) is 0 Å². The van der Waals surface area contributed by atoms with Crippen LogP contribution >= 0.6 is 0 Å². The minimum absolute atomic E-state index is 0.118. The standard InChI is InChI=1S/C12H22N4O3/c1-10-11(2)16(9-14-10)4-3-13-12(19)15(5-7-17)6-8-18/h9,17-18H,3-8H2,1-2H3,(H,13,19). The van der Waals surface area contributed by atoms with Gasteiger partial charge in [0.2, 0.25) is 0 Å². The van der Waals surface area contributed by atoms with Gasteiger partial charge in [0.1, 0.15) is 0 Å². The third kappa shape index (κ3) is 4.53. The van der Waals surface area contributed by atoms with Crippen LogP contribution in [0, 0.1) is 13.8 Å². The van der Waals surface area contributed by atoms with Gasteiger partial charge in [0.25, 0.3) is 0 Å². The highest BCUT2D eigenvalue weighted by Crippen LogP contribution is 2.03. The quantitative estimate of drug-likeness (QED) is 0.623. The molecule has 0 saturated heterocycles. The zero-order valence-corrected chi connectivity index (χ0v) is 11.5. The summed E-state index contributed by atoms with van der Waals surface area (Å²) < 4.78 is 1.97. The highest BCUT2D eigenvalue weighted by atomic mass is 16.3. The van der Waals surface area contributed by atoms with Crippen LogP contribution in [-0.4, -0.2) is 63.5 Å². The monoisotopic (exact) mass is 270 g/mol. The number of amides is 2. The Kier molecular flexibility index (Phi) is 6.31. The SMILES string of the molecule is Cc1ncn(CCNC(=O)N(CCO)CCO)c1C. The van der Waals surface area contributed by atoms with E-state index in [1.54, 1.807) is 6.33 Å². The van der Waals surface area contributed by atoms with Crippen molar-refractivity contribution in [2.45, 2.75) is 20.4 Å². The average molecular weight is 270 g/mol. The van der Waals surface area contributed by atoms with Crippen LogP contribution in [0.15, 0.2) is 6.33 Å². The normalized spacial score (nSPS) is 10.5. The van der Waals surface area contributed by atoms with Crippen LogP contribution < -0.4 is 5.32 Å². The minimum Gasteiger partial charge on any atom is -0.395 e. The van der Waals surface area contributed by atoms with Crippen molar-refractivity contribution in [3.05, 3.63) is 17.7 Å². The number of aromatic nitrogens is 2. The zero-order chi connectivity index (χ0) is 14.3. The molecular formula is C12H22N4O3. The van der Waals surface area contributed by atoms with Crippen LogP contribution in [0.5, 0.6) is 0 Å². The lowest BCUT2D eigenvalue weighted by Gasteiger charge is -2.21. The van der Waals surface area contributed by atoms with Crippen LogP contribution in [0.1, 0.15) is 11.4 Å². The summed E-state index contributed by atoms with van der Waals surface area (Å²) in [6, 6.07) is -0.280. The van der Waals surface area contributed by atoms with E-state index < -0.39 is 0 Å². The van der Waals surface area contributed by atoms with E-state index in [2.05, 4.69) is 10.3 Å². The summed E-state index contributed by atoms with van der Waals surface area (Å²) >= 11 is 0. The lowest BCUT2D eigenvalue weighted by atomic mass is 10.4. The number of aliphatic hydroxyl groups is 2. The summed E-state index contributed by atoms with van der Waals surface area (Å²) in [5, 5.41) is 20.4. The Balaban J connectivity index is 2.39. The van der Waals surface area contributed by atoms with Crippen LogP contribution in [0.4, 0.5) is 4.79 Å². The number of rotatable bonds is 7. The van der Waals surface area contributed by atoms with Crippen LogP contribution in [-0.2, 0) is 6.54 Å². The first-order valence-corrected chi connectivity index (χ1v) is 6.33. The van der Waals surface area contributed by atoms with Gasteiger partial charge in [-0.3, -0.25) is 0 Å². The van der Waals surface area contributed by atoms with Crippen molar-refractivity contribution in [1.82, 2.24) is 19.8 Å². The summed E-state index contributed by atoms with van der Waals surface area (Å²) in [5.41, 5.74) is 2.06. The van der Waals surface area contributed by atoms with Gasteiger partial charge in [0.05, 0.1) is 25.2 Å². The lowest BCUT2D eigenvalue weighted by Crippen LogP contribution is -2.43. The van der Waals surface area contributed by atoms with E-state index in [4.69, 9.17) is 10.2 Å². The summed E-state index contributed by atoms with van der Waals surface area (Å²) in [6.45, 7) is 5.24. The molecule has 7 nitrogen and oxygen atoms in total. The van der Waals surface area contributed by atoms with Gasteiger partial charge in [0, 0.05) is 31.9 Å². The fourth-order valence-electron chi connectivity index (χ4n) is 1.72. The van der Waals surface area contributed by atoms with Gasteiger partial charge < -0.3 is 25.0 Å². The molecule has 0 aromatic carbocycles. The van der Waals surface area contributed by atoms with Crippen molar-refractivity contribution in [2.24, 2.45) is 0 Å². The Hall–Kier alpha value is -1.60. The molecule has 0 unspecified atom stereocenters. The molecule has 1 heterocycles. The Morgan fingerprint density at radius 1 is 1.37 bits per heavy atom. The number of hydrogen-bond donors (Lipinski definition) is 3. The van der Waals surface area contributed by atoms with E-state index in [0.29, 0.717) is 13.1 Å². The van der Waals surface area contributed by atoms with Crippen molar-refractivity contribution < 1.29 is 15.0 Å². The molecule has 0 saturated carbocycles. The lowest BCUT2D eigenvalue weighted by molar-refractivity contribution is 0.158. The molecule has 19 heavy (non-hydrogen) atoms. The molecule has 2 amide bonds. The molecule has 1 rings (SSSR count). The predicted octanol–water partition coefficient (Wildman–Crippen LogP) is -0.504. The molecule has 7 heteroatoms. The first kappa shape index (κ1) is 15.5. The molecule has 0 bridgehead atoms. The van der Waals surface area contributed by atoms with Crippen LogP contribution in [0.25, 0.3) is 0 Å². The molecule has 0 spiro atoms. The van der Waals surface area contributed by atoms with E-state index in [-0.39, 0.29) is 32.3 Å². The topological polar surface area (TPSA) is 90.6 Å². The maximum Gasteiger partial charge on any atom is 0.317 e. The minimum atomic E-state index is -0.280. The molecule has 1 aromatic rings. The van der Waals surface area contributed by atoms with Crippen LogP contribution in [0.3, 0.4) is 0 Å². The average Bonchev–Trinajstić information content (AvgIpc) is 2.70. The fourth-order valence-corrected chi connectivity index (χ4v) is 1.72. The van der Waals surface area contributed by atoms with E-state index >= 15 is 0 Å². The number of nitrogens with zero attached hydrogens (tertiary/aromatic N) is 3. The smallest absolute Gasteiger partial charge is 0.317 e. The number of hydrogen-bond acceptors (Lipinski definition) is 4. The number of nitrogens with one attached hydrogen (secondary N) is 1. The molecule has 1 aromatic heterocycles. The van der Waals surface area contributed by atoms with E-state index in [1.165, 1.54) is 4.90 Å². The molecule has 108 valence electrons. The second-order valence-corrected chi connectivity index (χ2v) is 4.27. The Bertz CT molecular complexity index is 400. The molecule has 0 fully saturated rings. The van der Waals surface area contributed by atoms with Gasteiger partial charge >= 0.3 is 6.03 Å². The van der Waals surface area contributed by atoms with Gasteiger partial charge in [-0.05, 0) is 13.8 Å². The number of aliphatic hydroxyl groups excluding tert-OH is 2. The molecular weight excluding hydrogens is 248 g/mol. The van der Waals surface area contributed by atoms with E-state index in [9.17, 15) is 4.79 Å². The van der Waals surface area contributed by atoms with Gasteiger partial charge in [-0.1, -0.05) is 0 Å². The molecule has 0 aliphatic heterocycles. The zero-order valence-electron chi connectivity index (χ0n) is 11.5. The molecule has 3 N–H and O–H groups in total. The highest BCUT2D eigenvalue weighted by Gasteiger charge is 2.11. The van der Waals surface area contributed by atoms with Crippen molar-refractivity contribution >= 4 is 6.03 Å². The number of urea groups is 1. The molecule has 0 radical (unpaired) electrons. The maximum atomic E-state index is 11.8. The molecule has 0 aliphatic rings. The van der Waals surface area contributed by atoms with Crippen LogP contribution in [0.2, 0.25) is 0 Å². The van der Waals surface area contributed by atoms with Crippen molar-refractivity contribution in [1.29, 1.82) is 0 Å². The van der Waals surface area contributed by atoms with E-state index in [0.717, 1.165) is 11.4 Å². The molecule has 0 aliphatic carbocycles. The van der Waals surface area contributed by atoms with E-state index in [1.807, 2.05) is 18.4 Å². The Labute approximate surface area is 112 Å². The largest absolute Gasteiger partial charge is 0.395 e. The summed E-state index contributed by atoms with van der Waals surface area (Å²) in [4.78, 5) is 17.3. The summed E-state index contributed by atoms with van der Waals surface area (Å²) in [5.74, 6) is 0. The number of carbonyl (C=O) groups excluding carboxylic acids is 1. The second kappa shape index (κ2) is 7.75. The number of aryl methyl sites for hydroxylation is 1. The Morgan fingerprint density at radius 2 is 2.00 bits per heavy atom. The Morgan fingerprint density at radius 3 is 2.47 bits per heavy atom. The summed E-state index contributed by atoms with van der Waals surface area (Å²) in [6.07, 6.45) is 1.75. The van der Waals surface area contributed by atoms with Crippen molar-refractivity contribution in [3.8, 4) is 0 Å². The second-order valence-electron chi connectivity index (χ2n) is 4.27. The highest BCUT2D eigenvalue weighted by molar-refractivity contribution is 5.74. The van der Waals surface area contributed by atoms with Crippen molar-refractivity contribution in [2.75, 3.05) is 32.8 Å². The molecule has 0 atom stereocenters. The third-order valence-electron chi connectivity index (χ3n) is 3.00. The maximum absolute atomic E-state index is 11.8. The summed E-state index contributed by atoms with van der Waals surface area (Å²) in [7, 11) is 0. The van der Waals surface area contributed by atoms with Gasteiger partial charge in [-0.25, -0.2) is 9.78 Å². The first-order chi connectivity index (χ1) is 9.10. The number of carbonyl (C=O) groups is 1. The third-order valence-corrected chi connectivity index (χ3v) is 3.00. The number of imidazole rings is 1. The fraction of sp³-hybridized carbons (Fsp3) is 0.667. The first-order valence-electron chi connectivity index (χ1n) is 6.33. The van der Waals surface area contributed by atoms with Gasteiger partial charge in [0.15, 0.2) is 0 Å². The van der Waals surface area contributed by atoms with Gasteiger partial charge in [-0.2, -0.15) is 0 Å².